The second-order valence-electron chi connectivity index (χ2n) is 5.63. The monoisotopic (exact) mass is 315 g/mol. The number of hydrogen-bond donors (Lipinski definition) is 0. The molecule has 0 aromatic heterocycles. The van der Waals surface area contributed by atoms with Crippen molar-refractivity contribution in [1.29, 1.82) is 0 Å². The summed E-state index contributed by atoms with van der Waals surface area (Å²) >= 11 is 12.2. The van der Waals surface area contributed by atoms with Crippen molar-refractivity contribution in [1.82, 2.24) is 4.90 Å². The van der Waals surface area contributed by atoms with Crippen molar-refractivity contribution < 1.29 is 9.18 Å². The van der Waals surface area contributed by atoms with Crippen LogP contribution in [0.4, 0.5) is 4.39 Å². The Bertz CT molecular complexity index is 502. The summed E-state index contributed by atoms with van der Waals surface area (Å²) in [5.41, 5.74) is 0.298. The molecule has 2 atom stereocenters. The third-order valence-corrected chi connectivity index (χ3v) is 5.06. The van der Waals surface area contributed by atoms with Crippen LogP contribution in [0.2, 0.25) is 5.02 Å². The minimum Gasteiger partial charge on any atom is -0.336 e. The van der Waals surface area contributed by atoms with Gasteiger partial charge in [-0.3, -0.25) is 4.79 Å². The summed E-state index contributed by atoms with van der Waals surface area (Å²) in [7, 11) is 0. The Kier molecular flexibility index (Phi) is 3.91. The zero-order valence-corrected chi connectivity index (χ0v) is 12.5. The summed E-state index contributed by atoms with van der Waals surface area (Å²) in [4.78, 5) is 14.4. The Labute approximate surface area is 127 Å². The molecule has 108 valence electrons. The lowest BCUT2D eigenvalue weighted by Gasteiger charge is -2.37. The number of fused-ring (bicyclic) bond motifs is 2. The molecular formula is C15H16Cl2FNO. The van der Waals surface area contributed by atoms with Gasteiger partial charge in [0.15, 0.2) is 0 Å². The van der Waals surface area contributed by atoms with E-state index in [0.29, 0.717) is 10.6 Å². The fourth-order valence-corrected chi connectivity index (χ4v) is 4.10. The van der Waals surface area contributed by atoms with Crippen molar-refractivity contribution in [2.45, 2.75) is 49.6 Å². The largest absolute Gasteiger partial charge is 0.336 e. The lowest BCUT2D eigenvalue weighted by Crippen LogP contribution is -2.47. The molecule has 2 heterocycles. The summed E-state index contributed by atoms with van der Waals surface area (Å²) in [6.07, 6.45) is 3.73. The second kappa shape index (κ2) is 5.53. The molecule has 0 radical (unpaired) electrons. The number of halogens is 3. The normalized spacial score (nSPS) is 28.8. The van der Waals surface area contributed by atoms with Crippen LogP contribution in [0.15, 0.2) is 18.2 Å². The summed E-state index contributed by atoms with van der Waals surface area (Å²) in [6.45, 7) is 0. The van der Waals surface area contributed by atoms with Crippen LogP contribution in [0, 0.1) is 5.82 Å². The topological polar surface area (TPSA) is 20.3 Å². The molecule has 0 spiro atoms. The van der Waals surface area contributed by atoms with Gasteiger partial charge in [0.2, 0.25) is 5.91 Å². The molecule has 2 aliphatic heterocycles. The van der Waals surface area contributed by atoms with Gasteiger partial charge in [-0.15, -0.1) is 11.6 Å². The summed E-state index contributed by atoms with van der Waals surface area (Å²) in [5.74, 6) is -0.446. The van der Waals surface area contributed by atoms with Crippen LogP contribution in [-0.4, -0.2) is 28.3 Å². The minimum absolute atomic E-state index is 0.0332. The molecule has 2 aliphatic rings. The predicted molar refractivity (Wildman–Crippen MR) is 77.6 cm³/mol. The molecule has 1 aromatic rings. The average Bonchev–Trinajstić information content (AvgIpc) is 2.66. The standard InChI is InChI=1S/C15H16Cl2FNO/c16-9-6-10-4-5-11(7-9)19(10)15(20)8-12-13(17)2-1-3-14(12)18/h1-3,9-11H,4-8H2. The summed E-state index contributed by atoms with van der Waals surface area (Å²) < 4.78 is 13.8. The zero-order valence-electron chi connectivity index (χ0n) is 11.0. The van der Waals surface area contributed by atoms with Crippen LogP contribution in [0.25, 0.3) is 0 Å². The molecule has 5 heteroatoms. The molecule has 2 bridgehead atoms. The van der Waals surface area contributed by atoms with Crippen molar-refractivity contribution in [2.75, 3.05) is 0 Å². The quantitative estimate of drug-likeness (QED) is 0.760. The van der Waals surface area contributed by atoms with E-state index in [1.807, 2.05) is 4.90 Å². The molecule has 2 nitrogen and oxygen atoms in total. The highest BCUT2D eigenvalue weighted by Crippen LogP contribution is 2.38. The van der Waals surface area contributed by atoms with Gasteiger partial charge in [0.25, 0.3) is 0 Å². The second-order valence-corrected chi connectivity index (χ2v) is 6.66. The van der Waals surface area contributed by atoms with E-state index in [4.69, 9.17) is 23.2 Å². The number of rotatable bonds is 2. The molecular weight excluding hydrogens is 300 g/mol. The summed E-state index contributed by atoms with van der Waals surface area (Å²) in [5, 5.41) is 0.478. The number of nitrogens with zero attached hydrogens (tertiary/aromatic N) is 1. The predicted octanol–water partition coefficient (Wildman–Crippen LogP) is 3.78. The highest BCUT2D eigenvalue weighted by molar-refractivity contribution is 6.31. The fourth-order valence-electron chi connectivity index (χ4n) is 3.46. The lowest BCUT2D eigenvalue weighted by atomic mass is 10.0. The molecule has 20 heavy (non-hydrogen) atoms. The van der Waals surface area contributed by atoms with Crippen molar-refractivity contribution in [3.05, 3.63) is 34.6 Å². The van der Waals surface area contributed by atoms with E-state index in [1.54, 1.807) is 12.1 Å². The van der Waals surface area contributed by atoms with E-state index in [-0.39, 0.29) is 29.8 Å². The van der Waals surface area contributed by atoms with Gasteiger partial charge >= 0.3 is 0 Å². The molecule has 0 aliphatic carbocycles. The highest BCUT2D eigenvalue weighted by Gasteiger charge is 2.42. The van der Waals surface area contributed by atoms with E-state index in [2.05, 4.69) is 0 Å². The van der Waals surface area contributed by atoms with Crippen LogP contribution in [0.1, 0.15) is 31.2 Å². The van der Waals surface area contributed by atoms with Crippen LogP contribution in [-0.2, 0) is 11.2 Å². The van der Waals surface area contributed by atoms with E-state index >= 15 is 0 Å². The Morgan fingerprint density at radius 1 is 1.30 bits per heavy atom. The number of carbonyl (C=O) groups excluding carboxylic acids is 1. The maximum absolute atomic E-state index is 13.8. The Hall–Kier alpha value is -0.800. The van der Waals surface area contributed by atoms with Crippen molar-refractivity contribution in [3.63, 3.8) is 0 Å². The fraction of sp³-hybridized carbons (Fsp3) is 0.533. The smallest absolute Gasteiger partial charge is 0.227 e. The van der Waals surface area contributed by atoms with Crippen LogP contribution in [0.5, 0.6) is 0 Å². The Morgan fingerprint density at radius 2 is 1.95 bits per heavy atom. The highest BCUT2D eigenvalue weighted by atomic mass is 35.5. The van der Waals surface area contributed by atoms with Crippen LogP contribution in [0.3, 0.4) is 0 Å². The molecule has 1 amide bonds. The third kappa shape index (κ3) is 2.53. The van der Waals surface area contributed by atoms with Crippen LogP contribution >= 0.6 is 23.2 Å². The molecule has 2 unspecified atom stereocenters. The zero-order chi connectivity index (χ0) is 14.3. The van der Waals surface area contributed by atoms with Gasteiger partial charge in [0.1, 0.15) is 5.82 Å². The van der Waals surface area contributed by atoms with E-state index in [0.717, 1.165) is 25.7 Å². The lowest BCUT2D eigenvalue weighted by molar-refractivity contribution is -0.134. The van der Waals surface area contributed by atoms with E-state index in [1.165, 1.54) is 6.07 Å². The third-order valence-electron chi connectivity index (χ3n) is 4.35. The number of benzene rings is 1. The van der Waals surface area contributed by atoms with E-state index in [9.17, 15) is 9.18 Å². The number of amides is 1. The summed E-state index contributed by atoms with van der Waals surface area (Å²) in [6, 6.07) is 4.94. The number of piperidine rings is 1. The van der Waals surface area contributed by atoms with Gasteiger partial charge in [-0.2, -0.15) is 0 Å². The Balaban J connectivity index is 1.77. The molecule has 3 rings (SSSR count). The maximum Gasteiger partial charge on any atom is 0.227 e. The SMILES string of the molecule is O=C(Cc1c(F)cccc1Cl)N1C2CCC1CC(Cl)C2. The van der Waals surface area contributed by atoms with Crippen molar-refractivity contribution in [2.24, 2.45) is 0 Å². The Morgan fingerprint density at radius 3 is 2.55 bits per heavy atom. The first-order valence-electron chi connectivity index (χ1n) is 6.94. The molecule has 2 saturated heterocycles. The first-order valence-corrected chi connectivity index (χ1v) is 7.76. The maximum atomic E-state index is 13.8. The number of alkyl halides is 1. The molecule has 2 fully saturated rings. The molecule has 1 aromatic carbocycles. The number of carbonyl (C=O) groups is 1. The van der Waals surface area contributed by atoms with Gasteiger partial charge < -0.3 is 4.90 Å². The minimum atomic E-state index is -0.412. The van der Waals surface area contributed by atoms with Crippen molar-refractivity contribution >= 4 is 29.1 Å². The van der Waals surface area contributed by atoms with E-state index < -0.39 is 5.82 Å². The average molecular weight is 316 g/mol. The van der Waals surface area contributed by atoms with Crippen molar-refractivity contribution in [3.8, 4) is 0 Å². The van der Waals surface area contributed by atoms with Crippen LogP contribution < -0.4 is 0 Å². The number of hydrogen-bond acceptors (Lipinski definition) is 1. The van der Waals surface area contributed by atoms with Gasteiger partial charge in [-0.25, -0.2) is 4.39 Å². The molecule has 0 saturated carbocycles. The van der Waals surface area contributed by atoms with Gasteiger partial charge in [-0.05, 0) is 37.8 Å². The van der Waals surface area contributed by atoms with Gasteiger partial charge in [0, 0.05) is 28.0 Å². The first-order chi connectivity index (χ1) is 9.56. The van der Waals surface area contributed by atoms with Gasteiger partial charge in [-0.1, -0.05) is 17.7 Å². The first kappa shape index (κ1) is 14.2. The van der Waals surface area contributed by atoms with Gasteiger partial charge in [0.05, 0.1) is 6.42 Å². The molecule has 0 N–H and O–H groups in total.